The van der Waals surface area contributed by atoms with Gasteiger partial charge >= 0.3 is 0 Å². The van der Waals surface area contributed by atoms with Crippen LogP contribution in [0.1, 0.15) is 0 Å². The summed E-state index contributed by atoms with van der Waals surface area (Å²) in [6, 6.07) is 0. The Balaban J connectivity index is 0.000000145. The molecule has 0 radical (unpaired) electrons. The molecule has 1 aromatic rings. The van der Waals surface area contributed by atoms with Gasteiger partial charge in [-0.3, -0.25) is 0 Å². The summed E-state index contributed by atoms with van der Waals surface area (Å²) in [6.45, 7) is 3.28. The van der Waals surface area contributed by atoms with E-state index >= 15 is 0 Å². The molecule has 0 unspecified atom stereocenters. The van der Waals surface area contributed by atoms with Crippen LogP contribution >= 0.6 is 15.9 Å². The zero-order chi connectivity index (χ0) is 6.24. The number of halogens is 1. The molecule has 0 N–H and O–H groups in total. The molecule has 8 heavy (non-hydrogen) atoms. The van der Waals surface area contributed by atoms with E-state index in [1.54, 1.807) is 11.2 Å². The Hall–Kier alpha value is -0.570. The van der Waals surface area contributed by atoms with E-state index in [1.165, 1.54) is 12.7 Å². The molecule has 1 rings (SSSR count). The summed E-state index contributed by atoms with van der Waals surface area (Å²) in [5.74, 6) is 0. The standard InChI is InChI=1S/C3H3NO.C2H3Br/c1-2-5-3-4-1;1-2-3/h1-3H;2H,1H2. The molecule has 44 valence electrons. The molecule has 0 amide bonds. The Bertz CT molecular complexity index is 98.8. The average molecular weight is 176 g/mol. The quantitative estimate of drug-likeness (QED) is 0.605. The monoisotopic (exact) mass is 175 g/mol. The molecule has 0 spiro atoms. The van der Waals surface area contributed by atoms with E-state index in [4.69, 9.17) is 0 Å². The van der Waals surface area contributed by atoms with Gasteiger partial charge in [-0.15, -0.1) is 0 Å². The van der Waals surface area contributed by atoms with Crippen LogP contribution in [0.4, 0.5) is 0 Å². The molecule has 2 nitrogen and oxygen atoms in total. The summed E-state index contributed by atoms with van der Waals surface area (Å²) >= 11 is 2.91. The fraction of sp³-hybridized carbons (Fsp3) is 0. The maximum atomic E-state index is 4.47. The average Bonchev–Trinajstić information content (AvgIpc) is 2.17. The van der Waals surface area contributed by atoms with Gasteiger partial charge in [0.25, 0.3) is 0 Å². The second-order valence-electron chi connectivity index (χ2n) is 0.830. The lowest BCUT2D eigenvalue weighted by Gasteiger charge is -1.47. The maximum Gasteiger partial charge on any atom is 0.180 e. The summed E-state index contributed by atoms with van der Waals surface area (Å²) in [6.07, 6.45) is 4.47. The first-order chi connectivity index (χ1) is 3.91. The second-order valence-corrected chi connectivity index (χ2v) is 1.48. The van der Waals surface area contributed by atoms with Crippen LogP contribution in [0, 0.1) is 0 Å². The van der Waals surface area contributed by atoms with E-state index in [9.17, 15) is 0 Å². The van der Waals surface area contributed by atoms with Gasteiger partial charge in [0, 0.05) is 0 Å². The smallest absolute Gasteiger partial charge is 0.180 e. The van der Waals surface area contributed by atoms with Crippen molar-refractivity contribution in [2.75, 3.05) is 0 Å². The van der Waals surface area contributed by atoms with Crippen molar-refractivity contribution in [1.82, 2.24) is 4.98 Å². The van der Waals surface area contributed by atoms with E-state index in [-0.39, 0.29) is 0 Å². The SMILES string of the molecule is C=CBr.c1cocn1. The number of rotatable bonds is 0. The third kappa shape index (κ3) is 5.43. The summed E-state index contributed by atoms with van der Waals surface area (Å²) in [5, 5.41) is 0. The molecule has 0 aliphatic rings. The molecular weight excluding hydrogens is 170 g/mol. The van der Waals surface area contributed by atoms with Crippen LogP contribution in [-0.2, 0) is 0 Å². The predicted octanol–water partition coefficient (Wildman–Crippen LogP) is 2.20. The highest BCUT2D eigenvalue weighted by molar-refractivity contribution is 9.11. The lowest BCUT2D eigenvalue weighted by molar-refractivity contribution is 0.558. The van der Waals surface area contributed by atoms with Gasteiger partial charge in [-0.05, 0) is 4.99 Å². The zero-order valence-corrected chi connectivity index (χ0v) is 5.84. The fourth-order valence-electron chi connectivity index (χ4n) is 0.176. The Morgan fingerprint density at radius 1 is 1.75 bits per heavy atom. The number of hydrogen-bond donors (Lipinski definition) is 0. The molecule has 3 heteroatoms. The highest BCUT2D eigenvalue weighted by Crippen LogP contribution is 1.72. The van der Waals surface area contributed by atoms with Crippen LogP contribution in [0.3, 0.4) is 0 Å². The van der Waals surface area contributed by atoms with E-state index in [0.717, 1.165) is 0 Å². The third-order valence-corrected chi connectivity index (χ3v) is 0.347. The fourth-order valence-corrected chi connectivity index (χ4v) is 0.176. The molecule has 0 bridgehead atoms. The van der Waals surface area contributed by atoms with Crippen molar-refractivity contribution in [3.8, 4) is 0 Å². The highest BCUT2D eigenvalue weighted by atomic mass is 79.9. The normalized spacial score (nSPS) is 6.62. The van der Waals surface area contributed by atoms with Crippen molar-refractivity contribution in [3.63, 3.8) is 0 Å². The number of oxazole rings is 1. The van der Waals surface area contributed by atoms with E-state index in [0.29, 0.717) is 0 Å². The minimum atomic E-state index is 1.38. The van der Waals surface area contributed by atoms with Crippen molar-refractivity contribution in [1.29, 1.82) is 0 Å². The first-order valence-electron chi connectivity index (χ1n) is 1.95. The molecule has 0 aliphatic heterocycles. The number of aromatic nitrogens is 1. The predicted molar refractivity (Wildman–Crippen MR) is 35.6 cm³/mol. The van der Waals surface area contributed by atoms with Gasteiger partial charge in [-0.1, -0.05) is 22.5 Å². The van der Waals surface area contributed by atoms with Crippen LogP contribution in [0.15, 0.2) is 34.8 Å². The van der Waals surface area contributed by atoms with Crippen molar-refractivity contribution in [3.05, 3.63) is 30.4 Å². The Morgan fingerprint density at radius 2 is 2.38 bits per heavy atom. The Morgan fingerprint density at radius 3 is 2.50 bits per heavy atom. The summed E-state index contributed by atoms with van der Waals surface area (Å²) in [5.41, 5.74) is 0. The van der Waals surface area contributed by atoms with Crippen LogP contribution in [-0.4, -0.2) is 4.98 Å². The molecule has 1 heterocycles. The van der Waals surface area contributed by atoms with Crippen molar-refractivity contribution in [2.24, 2.45) is 0 Å². The molecule has 0 saturated heterocycles. The van der Waals surface area contributed by atoms with Gasteiger partial charge < -0.3 is 4.42 Å². The van der Waals surface area contributed by atoms with Crippen molar-refractivity contribution in [2.45, 2.75) is 0 Å². The highest BCUT2D eigenvalue weighted by Gasteiger charge is 1.59. The second kappa shape index (κ2) is 6.43. The molecule has 0 aromatic carbocycles. The maximum absolute atomic E-state index is 4.47. The number of nitrogens with zero attached hydrogens (tertiary/aromatic N) is 1. The first kappa shape index (κ1) is 7.43. The van der Waals surface area contributed by atoms with Gasteiger partial charge in [-0.25, -0.2) is 4.98 Å². The van der Waals surface area contributed by atoms with E-state index in [2.05, 4.69) is 31.9 Å². The van der Waals surface area contributed by atoms with E-state index in [1.807, 2.05) is 0 Å². The summed E-state index contributed by atoms with van der Waals surface area (Å²) in [4.78, 5) is 5.12. The lowest BCUT2D eigenvalue weighted by atomic mass is 11.0. The molecule has 0 saturated carbocycles. The topological polar surface area (TPSA) is 26.0 Å². The van der Waals surface area contributed by atoms with Gasteiger partial charge in [0.2, 0.25) is 0 Å². The Kier molecular flexibility index (Phi) is 5.97. The molecule has 0 aliphatic carbocycles. The minimum Gasteiger partial charge on any atom is -0.452 e. The largest absolute Gasteiger partial charge is 0.452 e. The lowest BCUT2D eigenvalue weighted by Crippen LogP contribution is -1.38. The Labute approximate surface area is 56.4 Å². The van der Waals surface area contributed by atoms with Crippen molar-refractivity contribution >= 4 is 15.9 Å². The van der Waals surface area contributed by atoms with Crippen molar-refractivity contribution < 1.29 is 4.42 Å². The summed E-state index contributed by atoms with van der Waals surface area (Å²) in [7, 11) is 0. The van der Waals surface area contributed by atoms with Gasteiger partial charge in [0.05, 0.1) is 6.20 Å². The zero-order valence-electron chi connectivity index (χ0n) is 4.25. The van der Waals surface area contributed by atoms with Crippen LogP contribution in [0.5, 0.6) is 0 Å². The van der Waals surface area contributed by atoms with Gasteiger partial charge in [0.15, 0.2) is 6.39 Å². The van der Waals surface area contributed by atoms with Crippen LogP contribution in [0.25, 0.3) is 0 Å². The van der Waals surface area contributed by atoms with E-state index < -0.39 is 0 Å². The first-order valence-corrected chi connectivity index (χ1v) is 2.86. The molecule has 0 fully saturated rings. The van der Waals surface area contributed by atoms with Gasteiger partial charge in [-0.2, -0.15) is 0 Å². The molecule has 1 aromatic heterocycles. The van der Waals surface area contributed by atoms with Crippen LogP contribution < -0.4 is 0 Å². The molecule has 0 atom stereocenters. The van der Waals surface area contributed by atoms with Gasteiger partial charge in [0.1, 0.15) is 6.26 Å². The number of hydrogen-bond acceptors (Lipinski definition) is 2. The summed E-state index contributed by atoms with van der Waals surface area (Å²) < 4.78 is 4.47. The molecular formula is C5H6BrNO. The minimum absolute atomic E-state index is 1.38. The third-order valence-electron chi connectivity index (χ3n) is 0.347. The van der Waals surface area contributed by atoms with Crippen LogP contribution in [0.2, 0.25) is 0 Å².